The Bertz CT molecular complexity index is 359. The molecule has 0 amide bonds. The molecule has 1 aromatic carbocycles. The first-order valence-electron chi connectivity index (χ1n) is 5.30. The molecule has 1 aromatic rings. The fraction of sp³-hybridized carbons (Fsp3) is 0.500. The van der Waals surface area contributed by atoms with Gasteiger partial charge in [-0.2, -0.15) is 0 Å². The Kier molecular flexibility index (Phi) is 2.91. The van der Waals surface area contributed by atoms with Gasteiger partial charge in [-0.3, -0.25) is 0 Å². The van der Waals surface area contributed by atoms with E-state index in [0.717, 1.165) is 30.5 Å². The lowest BCUT2D eigenvalue weighted by atomic mass is 9.99. The average Bonchev–Trinajstić information content (AvgIpc) is 2.74. The summed E-state index contributed by atoms with van der Waals surface area (Å²) in [4.78, 5) is 0. The Hall–Kier alpha value is -1.09. The van der Waals surface area contributed by atoms with E-state index in [2.05, 4.69) is 5.32 Å². The highest BCUT2D eigenvalue weighted by molar-refractivity contribution is 5.38. The van der Waals surface area contributed by atoms with Gasteiger partial charge in [0, 0.05) is 6.04 Å². The van der Waals surface area contributed by atoms with E-state index < -0.39 is 0 Å². The summed E-state index contributed by atoms with van der Waals surface area (Å²) in [6.45, 7) is 3.02. The van der Waals surface area contributed by atoms with Gasteiger partial charge >= 0.3 is 0 Å². The Morgan fingerprint density at radius 1 is 1.47 bits per heavy atom. The van der Waals surface area contributed by atoms with Crippen LogP contribution in [0.15, 0.2) is 12.1 Å². The second kappa shape index (κ2) is 4.19. The summed E-state index contributed by atoms with van der Waals surface area (Å²) in [5.74, 6) is 0.0565. The molecule has 0 aliphatic carbocycles. The third-order valence-electron chi connectivity index (χ3n) is 2.98. The van der Waals surface area contributed by atoms with Gasteiger partial charge in [-0.1, -0.05) is 0 Å². The molecule has 1 saturated heterocycles. The van der Waals surface area contributed by atoms with Crippen LogP contribution in [0, 0.1) is 12.7 Å². The van der Waals surface area contributed by atoms with E-state index in [1.54, 1.807) is 12.1 Å². The first kappa shape index (κ1) is 10.4. The molecule has 1 heterocycles. The summed E-state index contributed by atoms with van der Waals surface area (Å²) in [7, 11) is 1.49. The maximum Gasteiger partial charge on any atom is 0.165 e. The van der Waals surface area contributed by atoms with Gasteiger partial charge in [0.1, 0.15) is 0 Å². The third kappa shape index (κ3) is 1.97. The summed E-state index contributed by atoms with van der Waals surface area (Å²) in [6.07, 6.45) is 2.25. The normalized spacial score (nSPS) is 20.6. The van der Waals surface area contributed by atoms with Crippen molar-refractivity contribution >= 4 is 0 Å². The lowest BCUT2D eigenvalue weighted by molar-refractivity contribution is 0.385. The van der Waals surface area contributed by atoms with Gasteiger partial charge in [-0.05, 0) is 49.6 Å². The Labute approximate surface area is 89.4 Å². The van der Waals surface area contributed by atoms with Gasteiger partial charge in [0.2, 0.25) is 0 Å². The second-order valence-corrected chi connectivity index (χ2v) is 3.99. The van der Waals surface area contributed by atoms with Crippen molar-refractivity contribution in [2.75, 3.05) is 13.7 Å². The fourth-order valence-corrected chi connectivity index (χ4v) is 2.15. The van der Waals surface area contributed by atoms with Crippen LogP contribution in [-0.2, 0) is 0 Å². The van der Waals surface area contributed by atoms with E-state index in [1.807, 2.05) is 6.92 Å². The minimum atomic E-state index is -0.271. The minimum Gasteiger partial charge on any atom is -0.494 e. The molecule has 1 aliphatic rings. The quantitative estimate of drug-likeness (QED) is 0.808. The first-order chi connectivity index (χ1) is 7.22. The second-order valence-electron chi connectivity index (χ2n) is 3.99. The van der Waals surface area contributed by atoms with Crippen LogP contribution in [0.25, 0.3) is 0 Å². The van der Waals surface area contributed by atoms with Crippen LogP contribution in [0.1, 0.15) is 30.0 Å². The van der Waals surface area contributed by atoms with Gasteiger partial charge in [0.15, 0.2) is 11.6 Å². The summed E-state index contributed by atoms with van der Waals surface area (Å²) >= 11 is 0. The molecule has 1 fully saturated rings. The lowest BCUT2D eigenvalue weighted by Crippen LogP contribution is -2.14. The number of ether oxygens (including phenoxy) is 1. The van der Waals surface area contributed by atoms with E-state index in [-0.39, 0.29) is 5.82 Å². The summed E-state index contributed by atoms with van der Waals surface area (Å²) < 4.78 is 18.5. The van der Waals surface area contributed by atoms with Crippen molar-refractivity contribution in [2.45, 2.75) is 25.8 Å². The molecule has 1 N–H and O–H groups in total. The van der Waals surface area contributed by atoms with E-state index in [9.17, 15) is 4.39 Å². The highest BCUT2D eigenvalue weighted by Crippen LogP contribution is 2.30. The maximum absolute atomic E-state index is 13.5. The number of aryl methyl sites for hydroxylation is 1. The number of hydrogen-bond acceptors (Lipinski definition) is 2. The Morgan fingerprint density at radius 2 is 2.27 bits per heavy atom. The molecule has 0 radical (unpaired) electrons. The lowest BCUT2D eigenvalue weighted by Gasteiger charge is -2.15. The van der Waals surface area contributed by atoms with Crippen molar-refractivity contribution in [3.05, 3.63) is 29.1 Å². The first-order valence-corrected chi connectivity index (χ1v) is 5.30. The van der Waals surface area contributed by atoms with Crippen molar-refractivity contribution in [1.82, 2.24) is 5.32 Å². The monoisotopic (exact) mass is 209 g/mol. The summed E-state index contributed by atoms with van der Waals surface area (Å²) in [5, 5.41) is 3.37. The van der Waals surface area contributed by atoms with E-state index in [1.165, 1.54) is 7.11 Å². The molecule has 0 saturated carbocycles. The molecule has 0 bridgehead atoms. The molecule has 82 valence electrons. The molecular formula is C12H16FNO. The van der Waals surface area contributed by atoms with Crippen LogP contribution in [0.3, 0.4) is 0 Å². The van der Waals surface area contributed by atoms with Crippen LogP contribution in [0.4, 0.5) is 4.39 Å². The van der Waals surface area contributed by atoms with E-state index in [4.69, 9.17) is 4.74 Å². The zero-order valence-electron chi connectivity index (χ0n) is 9.14. The average molecular weight is 209 g/mol. The van der Waals surface area contributed by atoms with Crippen molar-refractivity contribution < 1.29 is 9.13 Å². The van der Waals surface area contributed by atoms with Gasteiger partial charge in [-0.25, -0.2) is 4.39 Å². The maximum atomic E-state index is 13.5. The standard InChI is InChI=1S/C12H16FNO/c1-8-6-12(15-2)10(13)7-9(8)11-4-3-5-14-11/h6-7,11,14H,3-5H2,1-2H3. The van der Waals surface area contributed by atoms with Crippen LogP contribution in [0.2, 0.25) is 0 Å². The molecule has 0 aromatic heterocycles. The molecule has 1 aliphatic heterocycles. The van der Waals surface area contributed by atoms with Crippen LogP contribution < -0.4 is 10.1 Å². The van der Waals surface area contributed by atoms with Crippen molar-refractivity contribution in [3.8, 4) is 5.75 Å². The molecule has 1 atom stereocenters. The smallest absolute Gasteiger partial charge is 0.165 e. The highest BCUT2D eigenvalue weighted by atomic mass is 19.1. The number of hydrogen-bond donors (Lipinski definition) is 1. The predicted molar refractivity (Wildman–Crippen MR) is 57.7 cm³/mol. The van der Waals surface area contributed by atoms with Gasteiger partial charge in [-0.15, -0.1) is 0 Å². The zero-order valence-corrected chi connectivity index (χ0v) is 9.14. The Morgan fingerprint density at radius 3 is 2.87 bits per heavy atom. The SMILES string of the molecule is COc1cc(C)c(C2CCCN2)cc1F. The number of nitrogens with one attached hydrogen (secondary N) is 1. The van der Waals surface area contributed by atoms with Crippen molar-refractivity contribution in [1.29, 1.82) is 0 Å². The summed E-state index contributed by atoms with van der Waals surface area (Å²) in [5.41, 5.74) is 2.15. The molecule has 2 nitrogen and oxygen atoms in total. The number of rotatable bonds is 2. The predicted octanol–water partition coefficient (Wildman–Crippen LogP) is 2.57. The number of methoxy groups -OCH3 is 1. The summed E-state index contributed by atoms with van der Waals surface area (Å²) in [6, 6.07) is 3.67. The Balaban J connectivity index is 2.35. The van der Waals surface area contributed by atoms with E-state index >= 15 is 0 Å². The molecule has 0 spiro atoms. The molecular weight excluding hydrogens is 193 g/mol. The van der Waals surface area contributed by atoms with Crippen LogP contribution >= 0.6 is 0 Å². The number of halogens is 1. The van der Waals surface area contributed by atoms with Crippen LogP contribution in [-0.4, -0.2) is 13.7 Å². The molecule has 3 heteroatoms. The largest absolute Gasteiger partial charge is 0.494 e. The fourth-order valence-electron chi connectivity index (χ4n) is 2.15. The topological polar surface area (TPSA) is 21.3 Å². The molecule has 15 heavy (non-hydrogen) atoms. The van der Waals surface area contributed by atoms with Gasteiger partial charge in [0.05, 0.1) is 7.11 Å². The molecule has 2 rings (SSSR count). The molecule has 1 unspecified atom stereocenters. The van der Waals surface area contributed by atoms with Crippen molar-refractivity contribution in [3.63, 3.8) is 0 Å². The highest BCUT2D eigenvalue weighted by Gasteiger charge is 2.19. The van der Waals surface area contributed by atoms with Crippen LogP contribution in [0.5, 0.6) is 5.75 Å². The van der Waals surface area contributed by atoms with Crippen molar-refractivity contribution in [2.24, 2.45) is 0 Å². The number of benzene rings is 1. The van der Waals surface area contributed by atoms with Gasteiger partial charge < -0.3 is 10.1 Å². The third-order valence-corrected chi connectivity index (χ3v) is 2.98. The van der Waals surface area contributed by atoms with Gasteiger partial charge in [0.25, 0.3) is 0 Å². The van der Waals surface area contributed by atoms with E-state index in [0.29, 0.717) is 11.8 Å². The minimum absolute atomic E-state index is 0.271. The zero-order chi connectivity index (χ0) is 10.8.